The van der Waals surface area contributed by atoms with Crippen molar-refractivity contribution in [2.24, 2.45) is 0 Å². The number of methoxy groups -OCH3 is 1. The molecule has 5 nitrogen and oxygen atoms in total. The number of carboxylic acids is 1. The van der Waals surface area contributed by atoms with Crippen LogP contribution in [0, 0.1) is 11.3 Å². The summed E-state index contributed by atoms with van der Waals surface area (Å²) < 4.78 is 4.80. The Morgan fingerprint density at radius 3 is 2.77 bits per heavy atom. The molecule has 0 radical (unpaired) electrons. The third-order valence-corrected chi connectivity index (χ3v) is 1.66. The molecule has 0 aromatic heterocycles. The quantitative estimate of drug-likeness (QED) is 0.628. The molecule has 0 aromatic carbocycles. The van der Waals surface area contributed by atoms with Crippen LogP contribution in [-0.4, -0.2) is 48.8 Å². The summed E-state index contributed by atoms with van der Waals surface area (Å²) in [5.74, 6) is -0.932. The van der Waals surface area contributed by atoms with Crippen LogP contribution in [0.1, 0.15) is 6.92 Å². The topological polar surface area (TPSA) is 73.6 Å². The van der Waals surface area contributed by atoms with Crippen molar-refractivity contribution in [3.05, 3.63) is 0 Å². The number of nitriles is 1. The van der Waals surface area contributed by atoms with Crippen LogP contribution in [0.25, 0.3) is 0 Å². The van der Waals surface area contributed by atoms with Gasteiger partial charge in [-0.25, -0.2) is 0 Å². The van der Waals surface area contributed by atoms with Crippen molar-refractivity contribution in [3.63, 3.8) is 0 Å². The maximum Gasteiger partial charge on any atom is 0.317 e. The molecule has 0 fully saturated rings. The first-order valence-corrected chi connectivity index (χ1v) is 3.96. The second-order valence-corrected chi connectivity index (χ2v) is 2.66. The average Bonchev–Trinajstić information content (AvgIpc) is 2.10. The van der Waals surface area contributed by atoms with Crippen LogP contribution in [0.2, 0.25) is 0 Å². The fourth-order valence-corrected chi connectivity index (χ4v) is 0.874. The van der Waals surface area contributed by atoms with Gasteiger partial charge in [-0.2, -0.15) is 5.26 Å². The van der Waals surface area contributed by atoms with Gasteiger partial charge in [-0.1, -0.05) is 0 Å². The van der Waals surface area contributed by atoms with E-state index in [1.54, 1.807) is 11.8 Å². The van der Waals surface area contributed by atoms with Gasteiger partial charge in [0.2, 0.25) is 0 Å². The van der Waals surface area contributed by atoms with Crippen molar-refractivity contribution in [1.29, 1.82) is 5.26 Å². The van der Waals surface area contributed by atoms with Gasteiger partial charge in [-0.15, -0.1) is 0 Å². The van der Waals surface area contributed by atoms with Gasteiger partial charge in [-0.3, -0.25) is 9.69 Å². The average molecular weight is 186 g/mol. The number of rotatable bonds is 6. The fourth-order valence-electron chi connectivity index (χ4n) is 0.874. The van der Waals surface area contributed by atoms with Crippen molar-refractivity contribution in [2.75, 3.05) is 26.8 Å². The van der Waals surface area contributed by atoms with Gasteiger partial charge in [0.1, 0.15) is 0 Å². The lowest BCUT2D eigenvalue weighted by Gasteiger charge is -2.21. The molecule has 74 valence electrons. The summed E-state index contributed by atoms with van der Waals surface area (Å²) in [6.45, 7) is 2.42. The third kappa shape index (κ3) is 5.17. The van der Waals surface area contributed by atoms with E-state index in [4.69, 9.17) is 15.1 Å². The molecule has 0 aliphatic rings. The molecule has 0 aromatic rings. The first-order valence-electron chi connectivity index (χ1n) is 3.96. The standard InChI is InChI=1S/C8H14N2O3/c1-7(5-9)10(3-4-13-2)6-8(11)12/h7H,3-4,6H2,1-2H3,(H,11,12). The van der Waals surface area contributed by atoms with E-state index in [0.717, 1.165) is 0 Å². The number of nitrogens with zero attached hydrogens (tertiary/aromatic N) is 2. The van der Waals surface area contributed by atoms with Gasteiger partial charge in [-0.05, 0) is 6.92 Å². The summed E-state index contributed by atoms with van der Waals surface area (Å²) >= 11 is 0. The van der Waals surface area contributed by atoms with Crippen LogP contribution in [-0.2, 0) is 9.53 Å². The van der Waals surface area contributed by atoms with Gasteiger partial charge >= 0.3 is 5.97 Å². The van der Waals surface area contributed by atoms with E-state index >= 15 is 0 Å². The smallest absolute Gasteiger partial charge is 0.317 e. The minimum atomic E-state index is -0.932. The van der Waals surface area contributed by atoms with Crippen molar-refractivity contribution in [1.82, 2.24) is 4.90 Å². The summed E-state index contributed by atoms with van der Waals surface area (Å²) in [4.78, 5) is 11.9. The second-order valence-electron chi connectivity index (χ2n) is 2.66. The molecular weight excluding hydrogens is 172 g/mol. The molecule has 0 rings (SSSR count). The summed E-state index contributed by atoms with van der Waals surface area (Å²) in [5.41, 5.74) is 0. The highest BCUT2D eigenvalue weighted by Gasteiger charge is 2.15. The van der Waals surface area contributed by atoms with E-state index in [9.17, 15) is 4.79 Å². The summed E-state index contributed by atoms with van der Waals surface area (Å²) in [6, 6.07) is 1.59. The zero-order valence-corrected chi connectivity index (χ0v) is 7.86. The van der Waals surface area contributed by atoms with Gasteiger partial charge in [0.15, 0.2) is 0 Å². The third-order valence-electron chi connectivity index (χ3n) is 1.66. The van der Waals surface area contributed by atoms with E-state index in [-0.39, 0.29) is 6.54 Å². The maximum atomic E-state index is 10.4. The van der Waals surface area contributed by atoms with Crippen LogP contribution in [0.4, 0.5) is 0 Å². The molecule has 5 heteroatoms. The maximum absolute atomic E-state index is 10.4. The zero-order valence-electron chi connectivity index (χ0n) is 7.86. The number of ether oxygens (including phenoxy) is 1. The molecule has 0 saturated heterocycles. The summed E-state index contributed by atoms with van der Waals surface area (Å²) in [6.07, 6.45) is 0. The fraction of sp³-hybridized carbons (Fsp3) is 0.750. The molecule has 0 aliphatic heterocycles. The number of hydrogen-bond acceptors (Lipinski definition) is 4. The molecule has 1 atom stereocenters. The van der Waals surface area contributed by atoms with Crippen LogP contribution < -0.4 is 0 Å². The Morgan fingerprint density at radius 2 is 2.38 bits per heavy atom. The molecule has 0 saturated carbocycles. The number of carboxylic acid groups (broad SMARTS) is 1. The highest BCUT2D eigenvalue weighted by Crippen LogP contribution is 1.96. The van der Waals surface area contributed by atoms with E-state index in [2.05, 4.69) is 0 Å². The zero-order chi connectivity index (χ0) is 10.3. The van der Waals surface area contributed by atoms with Gasteiger partial charge in [0.25, 0.3) is 0 Å². The van der Waals surface area contributed by atoms with Crippen LogP contribution in [0.15, 0.2) is 0 Å². The summed E-state index contributed by atoms with van der Waals surface area (Å²) in [7, 11) is 1.54. The highest BCUT2D eigenvalue weighted by molar-refractivity contribution is 5.69. The Labute approximate surface area is 77.5 Å². The Hall–Kier alpha value is -1.12. The first kappa shape index (κ1) is 11.9. The molecule has 0 aliphatic carbocycles. The molecule has 1 unspecified atom stereocenters. The lowest BCUT2D eigenvalue weighted by atomic mass is 10.3. The molecule has 13 heavy (non-hydrogen) atoms. The van der Waals surface area contributed by atoms with E-state index in [1.807, 2.05) is 6.07 Å². The van der Waals surface area contributed by atoms with Gasteiger partial charge < -0.3 is 9.84 Å². The predicted octanol–water partition coefficient (Wildman–Crippen LogP) is -0.0685. The summed E-state index contributed by atoms with van der Waals surface area (Å²) in [5, 5.41) is 17.1. The van der Waals surface area contributed by atoms with Crippen molar-refractivity contribution in [2.45, 2.75) is 13.0 Å². The van der Waals surface area contributed by atoms with E-state index < -0.39 is 12.0 Å². The Morgan fingerprint density at radius 1 is 1.77 bits per heavy atom. The highest BCUT2D eigenvalue weighted by atomic mass is 16.5. The van der Waals surface area contributed by atoms with Crippen LogP contribution in [0.3, 0.4) is 0 Å². The SMILES string of the molecule is COCCN(CC(=O)O)C(C)C#N. The Balaban J connectivity index is 4.03. The van der Waals surface area contributed by atoms with Crippen molar-refractivity contribution < 1.29 is 14.6 Å². The first-order chi connectivity index (χ1) is 6.11. The normalized spacial score (nSPS) is 12.5. The molecule has 1 N–H and O–H groups in total. The molecule has 0 amide bonds. The van der Waals surface area contributed by atoms with Crippen molar-refractivity contribution >= 4 is 5.97 Å². The number of hydrogen-bond donors (Lipinski definition) is 1. The van der Waals surface area contributed by atoms with Crippen molar-refractivity contribution in [3.8, 4) is 6.07 Å². The molecule has 0 bridgehead atoms. The second kappa shape index (κ2) is 6.40. The van der Waals surface area contributed by atoms with Gasteiger partial charge in [0, 0.05) is 13.7 Å². The molecule has 0 heterocycles. The monoisotopic (exact) mass is 186 g/mol. The molecule has 0 spiro atoms. The number of carbonyl (C=O) groups is 1. The lowest BCUT2D eigenvalue weighted by Crippen LogP contribution is -2.38. The predicted molar refractivity (Wildman–Crippen MR) is 46.2 cm³/mol. The van der Waals surface area contributed by atoms with Crippen LogP contribution >= 0.6 is 0 Å². The Bertz CT molecular complexity index is 200. The molecular formula is C8H14N2O3. The van der Waals surface area contributed by atoms with E-state index in [0.29, 0.717) is 13.2 Å². The van der Waals surface area contributed by atoms with Gasteiger partial charge in [0.05, 0.1) is 25.3 Å². The van der Waals surface area contributed by atoms with E-state index in [1.165, 1.54) is 7.11 Å². The Kier molecular flexibility index (Phi) is 5.85. The largest absolute Gasteiger partial charge is 0.480 e. The number of aliphatic carboxylic acids is 1. The minimum absolute atomic E-state index is 0.127. The van der Waals surface area contributed by atoms with Crippen LogP contribution in [0.5, 0.6) is 0 Å². The minimum Gasteiger partial charge on any atom is -0.480 e. The lowest BCUT2D eigenvalue weighted by molar-refractivity contribution is -0.138.